The van der Waals surface area contributed by atoms with E-state index in [0.717, 1.165) is 0 Å². The lowest BCUT2D eigenvalue weighted by atomic mass is 9.74. The average molecular weight is 272 g/mol. The number of hydrogen-bond donors (Lipinski definition) is 0. The number of ether oxygens (including phenoxy) is 2. The molecular formula is C15H28O4. The molecule has 0 saturated carbocycles. The maximum atomic E-state index is 12.3. The minimum absolute atomic E-state index is 0.215. The van der Waals surface area contributed by atoms with Crippen molar-refractivity contribution in [3.8, 4) is 0 Å². The lowest BCUT2D eigenvalue weighted by Crippen LogP contribution is -2.44. The van der Waals surface area contributed by atoms with E-state index in [4.69, 9.17) is 9.47 Å². The summed E-state index contributed by atoms with van der Waals surface area (Å²) in [5, 5.41) is 0. The van der Waals surface area contributed by atoms with Gasteiger partial charge in [-0.15, -0.1) is 0 Å². The summed E-state index contributed by atoms with van der Waals surface area (Å²) < 4.78 is 10.3. The average Bonchev–Trinajstić information content (AvgIpc) is 2.27. The molecule has 0 rings (SSSR count). The third-order valence-electron chi connectivity index (χ3n) is 2.85. The van der Waals surface area contributed by atoms with Gasteiger partial charge in [-0.05, 0) is 38.5 Å². The third-order valence-corrected chi connectivity index (χ3v) is 2.85. The van der Waals surface area contributed by atoms with Crippen LogP contribution in [0.4, 0.5) is 0 Å². The zero-order valence-electron chi connectivity index (χ0n) is 13.1. The molecule has 0 amide bonds. The van der Waals surface area contributed by atoms with Crippen LogP contribution in [0.3, 0.4) is 0 Å². The topological polar surface area (TPSA) is 52.6 Å². The van der Waals surface area contributed by atoms with Crippen LogP contribution in [0.2, 0.25) is 0 Å². The molecule has 0 aromatic heterocycles. The number of hydrogen-bond acceptors (Lipinski definition) is 4. The van der Waals surface area contributed by atoms with Gasteiger partial charge in [-0.25, -0.2) is 0 Å². The van der Waals surface area contributed by atoms with Gasteiger partial charge in [-0.2, -0.15) is 0 Å². The van der Waals surface area contributed by atoms with Crippen molar-refractivity contribution in [3.05, 3.63) is 0 Å². The number of carbonyl (C=O) groups is 2. The highest BCUT2D eigenvalue weighted by atomic mass is 16.6. The molecule has 0 radical (unpaired) electrons. The normalized spacial score (nSPS) is 11.8. The molecular weight excluding hydrogens is 244 g/mol. The van der Waals surface area contributed by atoms with Gasteiger partial charge in [-0.3, -0.25) is 9.59 Å². The Labute approximate surface area is 116 Å². The van der Waals surface area contributed by atoms with Gasteiger partial charge in [0, 0.05) is 0 Å². The largest absolute Gasteiger partial charge is 0.465 e. The Kier molecular flexibility index (Phi) is 7.72. The summed E-state index contributed by atoms with van der Waals surface area (Å²) in [5.74, 6) is -0.466. The minimum Gasteiger partial charge on any atom is -0.465 e. The van der Waals surface area contributed by atoms with Crippen LogP contribution in [-0.2, 0) is 19.1 Å². The van der Waals surface area contributed by atoms with Crippen molar-refractivity contribution in [1.82, 2.24) is 0 Å². The van der Waals surface area contributed by atoms with Crippen LogP contribution < -0.4 is 0 Å². The fourth-order valence-electron chi connectivity index (χ4n) is 2.43. The highest BCUT2D eigenvalue weighted by Crippen LogP contribution is 2.36. The Hall–Kier alpha value is -1.06. The fraction of sp³-hybridized carbons (Fsp3) is 0.867. The summed E-state index contributed by atoms with van der Waals surface area (Å²) in [4.78, 5) is 24.7. The molecule has 0 fully saturated rings. The first-order chi connectivity index (χ1) is 8.80. The number of carbonyl (C=O) groups excluding carboxylic acids is 2. The summed E-state index contributed by atoms with van der Waals surface area (Å²) >= 11 is 0. The molecule has 0 atom stereocenters. The Bertz CT molecular complexity index is 265. The van der Waals surface area contributed by atoms with Crippen molar-refractivity contribution in [2.75, 3.05) is 13.2 Å². The quantitative estimate of drug-likeness (QED) is 0.503. The lowest BCUT2D eigenvalue weighted by Gasteiger charge is -2.32. The number of rotatable bonds is 8. The van der Waals surface area contributed by atoms with E-state index in [2.05, 4.69) is 0 Å². The van der Waals surface area contributed by atoms with Gasteiger partial charge in [0.25, 0.3) is 0 Å². The smallest absolute Gasteiger partial charge is 0.323 e. The summed E-state index contributed by atoms with van der Waals surface area (Å²) in [6, 6.07) is 0. The molecule has 112 valence electrons. The van der Waals surface area contributed by atoms with Gasteiger partial charge in [0.2, 0.25) is 0 Å². The van der Waals surface area contributed by atoms with Gasteiger partial charge in [-0.1, -0.05) is 27.7 Å². The summed E-state index contributed by atoms with van der Waals surface area (Å²) in [6.45, 7) is 12.0. The van der Waals surface area contributed by atoms with Crippen molar-refractivity contribution in [2.24, 2.45) is 17.3 Å². The van der Waals surface area contributed by atoms with Gasteiger partial charge in [0.15, 0.2) is 5.41 Å². The van der Waals surface area contributed by atoms with Crippen molar-refractivity contribution in [3.63, 3.8) is 0 Å². The van der Waals surface area contributed by atoms with Crippen LogP contribution in [0.1, 0.15) is 54.4 Å². The van der Waals surface area contributed by atoms with E-state index in [9.17, 15) is 9.59 Å². The van der Waals surface area contributed by atoms with E-state index in [1.165, 1.54) is 0 Å². The van der Waals surface area contributed by atoms with Crippen molar-refractivity contribution in [2.45, 2.75) is 54.4 Å². The van der Waals surface area contributed by atoms with Crippen LogP contribution in [0.25, 0.3) is 0 Å². The van der Waals surface area contributed by atoms with E-state index in [1.54, 1.807) is 13.8 Å². The van der Waals surface area contributed by atoms with Crippen molar-refractivity contribution < 1.29 is 19.1 Å². The summed E-state index contributed by atoms with van der Waals surface area (Å²) in [6.07, 6.45) is 0.922. The minimum atomic E-state index is -1.16. The predicted molar refractivity (Wildman–Crippen MR) is 74.6 cm³/mol. The molecule has 0 aliphatic carbocycles. The van der Waals surface area contributed by atoms with Gasteiger partial charge < -0.3 is 9.47 Å². The van der Waals surface area contributed by atoms with E-state index in [-0.39, 0.29) is 25.0 Å². The molecule has 0 aliphatic heterocycles. The lowest BCUT2D eigenvalue weighted by molar-refractivity contribution is -0.175. The Morgan fingerprint density at radius 1 is 0.842 bits per heavy atom. The van der Waals surface area contributed by atoms with Crippen LogP contribution in [0, 0.1) is 17.3 Å². The predicted octanol–water partition coefficient (Wildman–Crippen LogP) is 3.19. The zero-order valence-corrected chi connectivity index (χ0v) is 13.1. The molecule has 0 unspecified atom stereocenters. The molecule has 0 N–H and O–H groups in total. The van der Waals surface area contributed by atoms with Crippen LogP contribution in [0.5, 0.6) is 0 Å². The van der Waals surface area contributed by atoms with E-state index in [0.29, 0.717) is 12.8 Å². The molecule has 0 heterocycles. The highest BCUT2D eigenvalue weighted by molar-refractivity contribution is 6.00. The Balaban J connectivity index is 5.42. The maximum absolute atomic E-state index is 12.3. The maximum Gasteiger partial charge on any atom is 0.323 e. The van der Waals surface area contributed by atoms with Crippen LogP contribution in [0.15, 0.2) is 0 Å². The van der Waals surface area contributed by atoms with E-state index >= 15 is 0 Å². The molecule has 19 heavy (non-hydrogen) atoms. The molecule has 0 aromatic rings. The first-order valence-electron chi connectivity index (χ1n) is 7.14. The highest BCUT2D eigenvalue weighted by Gasteiger charge is 2.49. The van der Waals surface area contributed by atoms with Gasteiger partial charge in [0.1, 0.15) is 0 Å². The standard InChI is InChI=1S/C15H28O4/c1-7-18-13(16)15(9-11(3)4,10-12(5)6)14(17)19-8-2/h11-12H,7-10H2,1-6H3. The molecule has 4 nitrogen and oxygen atoms in total. The summed E-state index contributed by atoms with van der Waals surface area (Å²) in [5.41, 5.74) is -1.16. The van der Waals surface area contributed by atoms with E-state index in [1.807, 2.05) is 27.7 Å². The summed E-state index contributed by atoms with van der Waals surface area (Å²) in [7, 11) is 0. The molecule has 0 aliphatic rings. The van der Waals surface area contributed by atoms with Gasteiger partial charge in [0.05, 0.1) is 13.2 Å². The monoisotopic (exact) mass is 272 g/mol. The van der Waals surface area contributed by atoms with Crippen LogP contribution in [-0.4, -0.2) is 25.2 Å². The third kappa shape index (κ3) is 5.21. The second-order valence-electron chi connectivity index (χ2n) is 5.72. The second kappa shape index (κ2) is 8.18. The molecule has 0 spiro atoms. The van der Waals surface area contributed by atoms with Crippen molar-refractivity contribution in [1.29, 1.82) is 0 Å². The SMILES string of the molecule is CCOC(=O)C(CC(C)C)(CC(C)C)C(=O)OCC. The van der Waals surface area contributed by atoms with Crippen molar-refractivity contribution >= 4 is 11.9 Å². The van der Waals surface area contributed by atoms with Gasteiger partial charge >= 0.3 is 11.9 Å². The molecule has 4 heteroatoms. The first-order valence-corrected chi connectivity index (χ1v) is 7.14. The molecule has 0 bridgehead atoms. The zero-order chi connectivity index (χ0) is 15.1. The molecule has 0 saturated heterocycles. The van der Waals surface area contributed by atoms with E-state index < -0.39 is 17.4 Å². The first kappa shape index (κ1) is 17.9. The fourth-order valence-corrected chi connectivity index (χ4v) is 2.43. The Morgan fingerprint density at radius 3 is 1.37 bits per heavy atom. The molecule has 0 aromatic carbocycles. The Morgan fingerprint density at radius 2 is 1.16 bits per heavy atom. The second-order valence-corrected chi connectivity index (χ2v) is 5.72. The number of esters is 2. The van der Waals surface area contributed by atoms with Crippen LogP contribution >= 0.6 is 0 Å².